The number of aliphatic hydroxyl groups excluding tert-OH is 1. The van der Waals surface area contributed by atoms with E-state index in [0.29, 0.717) is 107 Å². The number of benzene rings is 2. The maximum absolute atomic E-state index is 13.0. The monoisotopic (exact) mass is 1070 g/mol. The Balaban J connectivity index is 0.000000993. The van der Waals surface area contributed by atoms with Crippen LogP contribution >= 0.6 is 17.0 Å². The zero-order valence-electron chi connectivity index (χ0n) is 48.6. The number of anilines is 1. The fourth-order valence-electron chi connectivity index (χ4n) is 8.13. The molecule has 1 heterocycles. The number of unbranched alkanes of at least 4 members (excludes halogenated alkanes) is 3. The average molecular weight is 1070 g/mol. The summed E-state index contributed by atoms with van der Waals surface area (Å²) in [7, 11) is -0.387. The molecule has 19 heteroatoms. The van der Waals surface area contributed by atoms with E-state index in [0.717, 1.165) is 18.5 Å². The standard InChI is InChI=1S/C37H57N6O5PS.C15H32N3OP.CH4O/c1-30(2)43(31(3)4)49(47-27-24-38-6)48-29-37(5)22-25-42(26-23-37)36(44)13-11-9-10-12-28-50(45,46)35-20-16-33(17-21-35)40-39-32-14-18-34(19-15-32)41(7)8;1-12(2)17(13(3)4)20(19-11-10-16-9)18(14(5)6)15(7)8;1-2/h14-21,30-31H,9-13,22-29H2,1-5,7-8H3;12-15H,10-11H2,1-8H3;2H,1H3/i5T;;2T. The van der Waals surface area contributed by atoms with Crippen molar-refractivity contribution in [1.29, 1.82) is 1.43 Å². The quantitative estimate of drug-likeness (QED) is 0.0359. The molecule has 1 unspecified atom stereocenters. The van der Waals surface area contributed by atoms with Crippen LogP contribution in [0.15, 0.2) is 63.7 Å². The van der Waals surface area contributed by atoms with E-state index in [1.807, 2.05) is 48.2 Å². The fraction of sp³-hybridized carbons (Fsp3) is 0.717. The lowest BCUT2D eigenvalue weighted by atomic mass is 9.81. The maximum atomic E-state index is 13.0. The molecule has 1 N–H and O–H groups in total. The Hall–Kier alpha value is -3.18. The molecule has 3 rings (SSSR count). The molecule has 2 aromatic carbocycles. The van der Waals surface area contributed by atoms with Crippen LogP contribution in [0.3, 0.4) is 0 Å². The second-order valence-electron chi connectivity index (χ2n) is 19.9. The lowest BCUT2D eigenvalue weighted by Gasteiger charge is -2.45. The van der Waals surface area contributed by atoms with Crippen LogP contribution in [0.2, 0.25) is 0 Å². The highest BCUT2D eigenvalue weighted by Crippen LogP contribution is 2.51. The molecule has 1 atom stereocenters. The van der Waals surface area contributed by atoms with Gasteiger partial charge in [-0.3, -0.25) is 4.79 Å². The molecule has 0 bridgehead atoms. The Morgan fingerprint density at radius 3 is 1.61 bits per heavy atom. The fourth-order valence-corrected chi connectivity index (χ4v) is 13.5. The Kier molecular flexibility index (Phi) is 30.8. The van der Waals surface area contributed by atoms with Gasteiger partial charge in [-0.15, -0.1) is 0 Å². The Bertz CT molecular complexity index is 2020. The predicted octanol–water partition coefficient (Wildman–Crippen LogP) is 12.8. The first-order valence-corrected chi connectivity index (χ1v) is 29.5. The molecule has 1 aliphatic heterocycles. The van der Waals surface area contributed by atoms with Crippen LogP contribution in [0.4, 0.5) is 17.1 Å². The molecule has 2 aromatic rings. The van der Waals surface area contributed by atoms with E-state index in [1.165, 1.54) is 7.11 Å². The molecular weight excluding hydrogens is 969 g/mol. The van der Waals surface area contributed by atoms with E-state index in [2.05, 4.69) is 122 Å². The van der Waals surface area contributed by atoms with Crippen molar-refractivity contribution in [2.45, 2.75) is 176 Å². The molecule has 0 spiro atoms. The van der Waals surface area contributed by atoms with Gasteiger partial charge in [0, 0.05) is 84.0 Å². The molecule has 1 fully saturated rings. The summed E-state index contributed by atoms with van der Waals surface area (Å²) >= 11 is 0. The highest BCUT2D eigenvalue weighted by Gasteiger charge is 2.36. The van der Waals surface area contributed by atoms with E-state index in [4.69, 9.17) is 29.5 Å². The van der Waals surface area contributed by atoms with Gasteiger partial charge in [-0.05, 0) is 163 Å². The van der Waals surface area contributed by atoms with Gasteiger partial charge in [-0.1, -0.05) is 19.7 Å². The van der Waals surface area contributed by atoms with Gasteiger partial charge in [0.1, 0.15) is 13.2 Å². The van der Waals surface area contributed by atoms with E-state index in [1.54, 1.807) is 24.3 Å². The number of piperidine rings is 1. The molecule has 1 aliphatic rings. The maximum Gasteiger partial charge on any atom is 0.259 e. The molecule has 0 aromatic heterocycles. The average Bonchev–Trinajstić information content (AvgIpc) is 3.33. The summed E-state index contributed by atoms with van der Waals surface area (Å²) in [4.78, 5) is 24.0. The third-order valence-electron chi connectivity index (χ3n) is 11.6. The number of azo groups is 1. The van der Waals surface area contributed by atoms with Crippen molar-refractivity contribution in [3.63, 3.8) is 0 Å². The van der Waals surface area contributed by atoms with Crippen molar-refractivity contribution in [2.75, 3.05) is 77.9 Å². The summed E-state index contributed by atoms with van der Waals surface area (Å²) in [5.41, 5.74) is 2.02. The van der Waals surface area contributed by atoms with Gasteiger partial charge in [0.25, 0.3) is 8.53 Å². The number of carbonyl (C=O) groups is 1. The van der Waals surface area contributed by atoms with Crippen LogP contribution in [0.5, 0.6) is 0 Å². The molecule has 1 amide bonds. The molecule has 1 saturated heterocycles. The summed E-state index contributed by atoms with van der Waals surface area (Å²) in [6.45, 7) is 43.5. The Labute approximate surface area is 442 Å². The summed E-state index contributed by atoms with van der Waals surface area (Å²) in [5, 5.41) is 12.0. The van der Waals surface area contributed by atoms with E-state index < -0.39 is 26.8 Å². The van der Waals surface area contributed by atoms with Crippen molar-refractivity contribution < 1.29 is 33.3 Å². The zero-order valence-corrected chi connectivity index (χ0v) is 49.2. The molecule has 0 radical (unpaired) electrons. The number of amides is 1. The normalized spacial score (nSPS) is 14.8. The highest BCUT2D eigenvalue weighted by molar-refractivity contribution is 7.91. The topological polar surface area (TPSA) is 149 Å². The number of sulfone groups is 1. The van der Waals surface area contributed by atoms with Gasteiger partial charge in [0.05, 0.1) is 28.6 Å². The van der Waals surface area contributed by atoms with Gasteiger partial charge >= 0.3 is 0 Å². The first-order chi connectivity index (χ1) is 35.0. The lowest BCUT2D eigenvalue weighted by molar-refractivity contribution is -0.133. The molecule has 408 valence electrons. The third-order valence-corrected chi connectivity index (χ3v) is 18.5. The molecule has 16 nitrogen and oxygen atoms in total. The molecule has 0 saturated carbocycles. The van der Waals surface area contributed by atoms with Crippen LogP contribution in [0.1, 0.15) is 136 Å². The molecule has 0 aliphatic carbocycles. The number of likely N-dealkylation sites (tertiary alicyclic amines) is 1. The Morgan fingerprint density at radius 2 is 1.18 bits per heavy atom. The van der Waals surface area contributed by atoms with Crippen molar-refractivity contribution in [3.8, 4) is 0 Å². The number of carbonyl (C=O) groups excluding carboxylic acids is 1. The predicted molar refractivity (Wildman–Crippen MR) is 300 cm³/mol. The minimum absolute atomic E-state index is 0.0579. The van der Waals surface area contributed by atoms with Crippen LogP contribution in [0.25, 0.3) is 9.69 Å². The van der Waals surface area contributed by atoms with Gasteiger partial charge in [-0.2, -0.15) is 10.2 Å². The minimum Gasteiger partial charge on any atom is -0.400 e. The smallest absolute Gasteiger partial charge is 0.259 e. The van der Waals surface area contributed by atoms with Crippen LogP contribution < -0.4 is 4.90 Å². The van der Waals surface area contributed by atoms with Crippen LogP contribution in [0, 0.1) is 18.6 Å². The van der Waals surface area contributed by atoms with Gasteiger partial charge in [-0.25, -0.2) is 35.6 Å². The first kappa shape index (κ1) is 63.1. The SMILES string of the molecule is [3H]CC1(COP(OCC[N+]#[C-])N(C(C)C)C(C)C)CCN(C(=O)CCCCCCS(=O)(=O)c2ccc(N=Nc3ccc(N(C)C)cc3)cc2)CC1.[3H]OC.[C-]#[N+]CCOP(N(C(C)C)C(C)C)N(C(C)C)C(C)C. The Morgan fingerprint density at radius 1 is 0.736 bits per heavy atom. The zero-order chi connectivity index (χ0) is 56.0. The van der Waals surface area contributed by atoms with E-state index >= 15 is 0 Å². The number of aliphatic hydroxyl groups is 1. The van der Waals surface area contributed by atoms with Gasteiger partial charge in [0.15, 0.2) is 18.3 Å². The summed E-state index contributed by atoms with van der Waals surface area (Å²) in [5.74, 6) is 0.169. The summed E-state index contributed by atoms with van der Waals surface area (Å²) in [6, 6.07) is 16.3. The van der Waals surface area contributed by atoms with Crippen LogP contribution in [-0.4, -0.2) is 149 Å². The summed E-state index contributed by atoms with van der Waals surface area (Å²) < 4.78 is 65.5. The van der Waals surface area contributed by atoms with Crippen molar-refractivity contribution in [2.24, 2.45) is 15.6 Å². The number of hydrogen-bond donors (Lipinski definition) is 1. The second-order valence-corrected chi connectivity index (χ2v) is 25.1. The minimum atomic E-state index is -3.42. The van der Waals surface area contributed by atoms with Gasteiger partial charge in [0.2, 0.25) is 20.4 Å². The van der Waals surface area contributed by atoms with Crippen molar-refractivity contribution >= 4 is 49.8 Å². The second kappa shape index (κ2) is 35.1. The number of hydrogen-bond acceptors (Lipinski definition) is 13. The highest BCUT2D eigenvalue weighted by atomic mass is 32.2. The van der Waals surface area contributed by atoms with Crippen molar-refractivity contribution in [3.05, 3.63) is 71.4 Å². The first-order valence-electron chi connectivity index (χ1n) is 26.7. The van der Waals surface area contributed by atoms with E-state index in [9.17, 15) is 13.2 Å². The van der Waals surface area contributed by atoms with Crippen LogP contribution in [-0.2, 0) is 28.2 Å². The number of nitrogens with zero attached hydrogens (tertiary/aromatic N) is 9. The van der Waals surface area contributed by atoms with E-state index in [-0.39, 0.29) is 47.5 Å². The van der Waals surface area contributed by atoms with Crippen molar-refractivity contribution in [1.82, 2.24) is 18.9 Å². The largest absolute Gasteiger partial charge is 0.400 e. The molecular formula is C53H93N9O7P2S. The molecule has 72 heavy (non-hydrogen) atoms. The summed E-state index contributed by atoms with van der Waals surface area (Å²) in [6.07, 6.45) is 4.60. The number of rotatable bonds is 29. The third kappa shape index (κ3) is 24.0. The van der Waals surface area contributed by atoms with Gasteiger partial charge < -0.3 is 38.2 Å². The lowest BCUT2D eigenvalue weighted by Crippen LogP contribution is -2.44.